The maximum Gasteiger partial charge on any atom is 0.461 e. The Kier molecular flexibility index (Phi) is 4.40. The summed E-state index contributed by atoms with van der Waals surface area (Å²) in [4.78, 5) is 5.03. The van der Waals surface area contributed by atoms with Crippen molar-refractivity contribution in [2.75, 3.05) is 6.61 Å². The average molecular weight is 357 g/mol. The summed E-state index contributed by atoms with van der Waals surface area (Å²) < 4.78 is 60.2. The minimum Gasteiger partial charge on any atom is -0.484 e. The second kappa shape index (κ2) is 6.35. The third kappa shape index (κ3) is 3.33. The van der Waals surface area contributed by atoms with Gasteiger partial charge in [0.05, 0.1) is 5.71 Å². The average Bonchev–Trinajstić information content (AvgIpc) is 2.54. The van der Waals surface area contributed by atoms with E-state index in [9.17, 15) is 17.6 Å². The molecule has 24 heavy (non-hydrogen) atoms. The molecule has 1 heterocycles. The molecule has 0 radical (unpaired) electrons. The number of ether oxygens (including phenoxy) is 2. The monoisotopic (exact) mass is 357 g/mol. The molecule has 1 aliphatic rings. The number of aliphatic imine (C=N–C) groups is 1. The van der Waals surface area contributed by atoms with E-state index in [1.807, 2.05) is 0 Å². The van der Waals surface area contributed by atoms with Crippen molar-refractivity contribution in [3.8, 4) is 11.5 Å². The van der Waals surface area contributed by atoms with E-state index in [0.717, 1.165) is 0 Å². The molecule has 0 fully saturated rings. The highest BCUT2D eigenvalue weighted by molar-refractivity contribution is 7.80. The summed E-state index contributed by atoms with van der Waals surface area (Å²) >= 11 is 4.27. The molecule has 0 amide bonds. The number of halogens is 4. The van der Waals surface area contributed by atoms with Crippen LogP contribution in [0.25, 0.3) is 0 Å². The highest BCUT2D eigenvalue weighted by Gasteiger charge is 2.44. The second-order valence-electron chi connectivity index (χ2n) is 4.96. The molecule has 0 saturated heterocycles. The molecule has 0 aromatic heterocycles. The van der Waals surface area contributed by atoms with Crippen molar-refractivity contribution in [3.05, 3.63) is 48.0 Å². The standard InChI is InChI=1S/C16H11F4NO2S/c17-15(18)16(19,20)23-10-4-1-3-9(7-10)12-8-22-14-11(21-12)5-2-6-13(14)24/h1-7,15,24H,8H2. The van der Waals surface area contributed by atoms with Gasteiger partial charge in [-0.3, -0.25) is 0 Å². The van der Waals surface area contributed by atoms with Crippen LogP contribution < -0.4 is 9.47 Å². The van der Waals surface area contributed by atoms with Crippen LogP contribution in [0.5, 0.6) is 11.5 Å². The van der Waals surface area contributed by atoms with Gasteiger partial charge in [0.25, 0.3) is 0 Å². The van der Waals surface area contributed by atoms with E-state index in [0.29, 0.717) is 27.6 Å². The lowest BCUT2D eigenvalue weighted by Crippen LogP contribution is -2.33. The summed E-state index contributed by atoms with van der Waals surface area (Å²) in [7, 11) is 0. The third-order valence-electron chi connectivity index (χ3n) is 3.26. The molecule has 0 atom stereocenters. The third-order valence-corrected chi connectivity index (χ3v) is 3.61. The molecule has 2 aromatic rings. The molecule has 3 rings (SSSR count). The Morgan fingerprint density at radius 2 is 1.92 bits per heavy atom. The molecule has 126 valence electrons. The fraction of sp³-hybridized carbons (Fsp3) is 0.188. The van der Waals surface area contributed by atoms with E-state index in [2.05, 4.69) is 22.4 Å². The number of hydrogen-bond donors (Lipinski definition) is 1. The molecule has 0 N–H and O–H groups in total. The van der Waals surface area contributed by atoms with Gasteiger partial charge in [-0.15, -0.1) is 12.6 Å². The van der Waals surface area contributed by atoms with E-state index in [4.69, 9.17) is 4.74 Å². The molecule has 0 unspecified atom stereocenters. The summed E-state index contributed by atoms with van der Waals surface area (Å²) in [5, 5.41) is 0. The highest BCUT2D eigenvalue weighted by Crippen LogP contribution is 2.37. The van der Waals surface area contributed by atoms with Gasteiger partial charge in [-0.2, -0.15) is 17.6 Å². The quantitative estimate of drug-likeness (QED) is 0.634. The molecule has 3 nitrogen and oxygen atoms in total. The van der Waals surface area contributed by atoms with Crippen LogP contribution in [0.15, 0.2) is 52.4 Å². The first-order valence-electron chi connectivity index (χ1n) is 6.84. The Labute approximate surface area is 140 Å². The first kappa shape index (κ1) is 16.6. The Morgan fingerprint density at radius 3 is 2.67 bits per heavy atom. The van der Waals surface area contributed by atoms with E-state index >= 15 is 0 Å². The van der Waals surface area contributed by atoms with Gasteiger partial charge in [-0.1, -0.05) is 18.2 Å². The lowest BCUT2D eigenvalue weighted by Gasteiger charge is -2.20. The first-order valence-corrected chi connectivity index (χ1v) is 7.29. The van der Waals surface area contributed by atoms with Crippen LogP contribution in [-0.2, 0) is 0 Å². The number of nitrogens with zero attached hydrogens (tertiary/aromatic N) is 1. The van der Waals surface area contributed by atoms with Gasteiger partial charge in [-0.25, -0.2) is 4.99 Å². The van der Waals surface area contributed by atoms with Crippen LogP contribution in [0.3, 0.4) is 0 Å². The van der Waals surface area contributed by atoms with Gasteiger partial charge in [-0.05, 0) is 24.3 Å². The molecule has 0 aliphatic carbocycles. The normalized spacial score (nSPS) is 14.0. The predicted octanol–water partition coefficient (Wildman–Crippen LogP) is 4.73. The van der Waals surface area contributed by atoms with Crippen LogP contribution in [0.2, 0.25) is 0 Å². The van der Waals surface area contributed by atoms with E-state index < -0.39 is 12.5 Å². The zero-order valence-corrected chi connectivity index (χ0v) is 12.9. The van der Waals surface area contributed by atoms with Gasteiger partial charge in [0.2, 0.25) is 0 Å². The summed E-state index contributed by atoms with van der Waals surface area (Å²) in [6, 6.07) is 10.6. The van der Waals surface area contributed by atoms with E-state index in [1.165, 1.54) is 18.2 Å². The summed E-state index contributed by atoms with van der Waals surface area (Å²) in [6.45, 7) is 0.0965. The van der Waals surface area contributed by atoms with Crippen LogP contribution in [0, 0.1) is 0 Å². The maximum atomic E-state index is 13.0. The van der Waals surface area contributed by atoms with Gasteiger partial charge in [0.15, 0.2) is 5.75 Å². The van der Waals surface area contributed by atoms with Crippen LogP contribution in [0.4, 0.5) is 23.2 Å². The van der Waals surface area contributed by atoms with Crippen molar-refractivity contribution in [3.63, 3.8) is 0 Å². The zero-order chi connectivity index (χ0) is 17.3. The molecule has 0 saturated carbocycles. The van der Waals surface area contributed by atoms with Crippen molar-refractivity contribution in [2.45, 2.75) is 17.4 Å². The number of thiol groups is 1. The summed E-state index contributed by atoms with van der Waals surface area (Å²) in [6.07, 6.45) is -8.48. The molecule has 2 aromatic carbocycles. The Hall–Kier alpha value is -2.22. The number of alkyl halides is 4. The smallest absolute Gasteiger partial charge is 0.461 e. The van der Waals surface area contributed by atoms with E-state index in [1.54, 1.807) is 24.3 Å². The van der Waals surface area contributed by atoms with Gasteiger partial charge >= 0.3 is 12.5 Å². The lowest BCUT2D eigenvalue weighted by atomic mass is 10.1. The Morgan fingerprint density at radius 1 is 1.17 bits per heavy atom. The minimum atomic E-state index is -4.56. The number of benzene rings is 2. The van der Waals surface area contributed by atoms with E-state index in [-0.39, 0.29) is 12.4 Å². The number of para-hydroxylation sites is 1. The second-order valence-corrected chi connectivity index (χ2v) is 5.45. The molecular weight excluding hydrogens is 346 g/mol. The summed E-state index contributed by atoms with van der Waals surface area (Å²) in [5.74, 6) is 0.149. The predicted molar refractivity (Wildman–Crippen MR) is 83.4 cm³/mol. The van der Waals surface area contributed by atoms with Crippen molar-refractivity contribution >= 4 is 24.0 Å². The van der Waals surface area contributed by atoms with Crippen LogP contribution in [-0.4, -0.2) is 24.9 Å². The van der Waals surface area contributed by atoms with Crippen LogP contribution in [0.1, 0.15) is 5.56 Å². The number of fused-ring (bicyclic) bond motifs is 1. The van der Waals surface area contributed by atoms with Crippen LogP contribution >= 0.6 is 12.6 Å². The fourth-order valence-corrected chi connectivity index (χ4v) is 2.42. The Bertz CT molecular complexity index is 795. The van der Waals surface area contributed by atoms with Gasteiger partial charge < -0.3 is 9.47 Å². The van der Waals surface area contributed by atoms with Crippen molar-refractivity contribution in [1.29, 1.82) is 0 Å². The summed E-state index contributed by atoms with van der Waals surface area (Å²) in [5.41, 5.74) is 1.45. The zero-order valence-electron chi connectivity index (χ0n) is 12.0. The molecule has 0 spiro atoms. The molecular formula is C16H11F4NO2S. The first-order chi connectivity index (χ1) is 11.4. The molecule has 0 bridgehead atoms. The topological polar surface area (TPSA) is 30.8 Å². The van der Waals surface area contributed by atoms with Crippen molar-refractivity contribution < 1.29 is 27.0 Å². The molecule has 8 heteroatoms. The number of rotatable bonds is 4. The van der Waals surface area contributed by atoms with Gasteiger partial charge in [0, 0.05) is 10.5 Å². The fourth-order valence-electron chi connectivity index (χ4n) is 2.16. The SMILES string of the molecule is FC(F)C(F)(F)Oc1cccc(C2=Nc3cccc(S)c3OC2)c1. The maximum absolute atomic E-state index is 13.0. The Balaban J connectivity index is 1.90. The highest BCUT2D eigenvalue weighted by atomic mass is 32.1. The lowest BCUT2D eigenvalue weighted by molar-refractivity contribution is -0.253. The largest absolute Gasteiger partial charge is 0.484 e. The molecule has 1 aliphatic heterocycles. The van der Waals surface area contributed by atoms with Gasteiger partial charge in [0.1, 0.15) is 18.0 Å². The minimum absolute atomic E-state index is 0.0965. The van der Waals surface area contributed by atoms with Crippen molar-refractivity contribution in [1.82, 2.24) is 0 Å². The van der Waals surface area contributed by atoms with Crippen molar-refractivity contribution in [2.24, 2.45) is 4.99 Å². The number of hydrogen-bond acceptors (Lipinski definition) is 4.